The lowest BCUT2D eigenvalue weighted by Crippen LogP contribution is -2.46. The van der Waals surface area contributed by atoms with Crippen LogP contribution in [-0.2, 0) is 9.59 Å². The summed E-state index contributed by atoms with van der Waals surface area (Å²) < 4.78 is 0. The van der Waals surface area contributed by atoms with Crippen molar-refractivity contribution in [1.82, 2.24) is 21.3 Å². The van der Waals surface area contributed by atoms with Crippen molar-refractivity contribution in [3.8, 4) is 0 Å². The first-order valence-electron chi connectivity index (χ1n) is 9.84. The molecule has 0 aromatic carbocycles. The van der Waals surface area contributed by atoms with Crippen LogP contribution >= 0.6 is 23.5 Å². The number of nitrogens with one attached hydrogen (secondary N) is 4. The van der Waals surface area contributed by atoms with Crippen LogP contribution in [0.4, 0.5) is 9.59 Å². The molecule has 174 valence electrons. The van der Waals surface area contributed by atoms with Crippen molar-refractivity contribution < 1.29 is 29.4 Å². The predicted molar refractivity (Wildman–Crippen MR) is 120 cm³/mol. The number of amides is 4. The molecule has 0 aromatic rings. The topological polar surface area (TPSA) is 157 Å². The Kier molecular flexibility index (Phi) is 16.9. The molecule has 0 heterocycles. The molecule has 0 fully saturated rings. The maximum Gasteiger partial charge on any atom is 0.326 e. The number of rotatable bonds is 17. The van der Waals surface area contributed by atoms with E-state index in [0.717, 1.165) is 25.7 Å². The van der Waals surface area contributed by atoms with Crippen LogP contribution in [0.1, 0.15) is 38.5 Å². The van der Waals surface area contributed by atoms with Crippen LogP contribution in [0.15, 0.2) is 0 Å². The molecule has 30 heavy (non-hydrogen) atoms. The Bertz CT molecular complexity index is 493. The van der Waals surface area contributed by atoms with Crippen molar-refractivity contribution >= 4 is 47.5 Å². The molecule has 0 radical (unpaired) electrons. The van der Waals surface area contributed by atoms with Crippen molar-refractivity contribution in [2.45, 2.75) is 50.6 Å². The molecule has 0 aliphatic carbocycles. The third kappa shape index (κ3) is 15.1. The van der Waals surface area contributed by atoms with Gasteiger partial charge in [0.1, 0.15) is 12.1 Å². The maximum atomic E-state index is 11.7. The summed E-state index contributed by atoms with van der Waals surface area (Å²) in [6.07, 6.45) is 7.63. The smallest absolute Gasteiger partial charge is 0.326 e. The number of carboxylic acid groups (broad SMARTS) is 2. The summed E-state index contributed by atoms with van der Waals surface area (Å²) in [6, 6.07) is -2.76. The number of carbonyl (C=O) groups is 4. The highest BCUT2D eigenvalue weighted by Crippen LogP contribution is 2.02. The molecule has 0 saturated carbocycles. The van der Waals surface area contributed by atoms with Gasteiger partial charge in [-0.05, 0) is 49.7 Å². The number of urea groups is 2. The largest absolute Gasteiger partial charge is 0.480 e. The molecule has 0 spiro atoms. The van der Waals surface area contributed by atoms with Gasteiger partial charge in [0, 0.05) is 13.1 Å². The summed E-state index contributed by atoms with van der Waals surface area (Å²) in [5, 5.41) is 28.3. The summed E-state index contributed by atoms with van der Waals surface area (Å²) in [4.78, 5) is 45.7. The van der Waals surface area contributed by atoms with Crippen LogP contribution in [0.3, 0.4) is 0 Å². The average molecular weight is 467 g/mol. The molecule has 10 nitrogen and oxygen atoms in total. The van der Waals surface area contributed by atoms with Crippen molar-refractivity contribution in [2.24, 2.45) is 0 Å². The highest BCUT2D eigenvalue weighted by atomic mass is 32.2. The van der Waals surface area contributed by atoms with Gasteiger partial charge in [-0.25, -0.2) is 19.2 Å². The van der Waals surface area contributed by atoms with Gasteiger partial charge in [-0.2, -0.15) is 23.5 Å². The minimum Gasteiger partial charge on any atom is -0.480 e. The molecular formula is C18H34N4O6S2. The third-order valence-corrected chi connectivity index (χ3v) is 5.39. The van der Waals surface area contributed by atoms with E-state index < -0.39 is 36.1 Å². The number of hydrogen-bond donors (Lipinski definition) is 6. The molecule has 2 unspecified atom stereocenters. The van der Waals surface area contributed by atoms with E-state index in [1.807, 2.05) is 12.5 Å². The number of aliphatic carboxylic acids is 2. The SMILES string of the molecule is CSCCC(NC(=O)NCCCCCCNC(=O)NC(CCSC)C(=O)O)C(=O)O. The quantitative estimate of drug-likeness (QED) is 0.176. The predicted octanol–water partition coefficient (Wildman–Crippen LogP) is 1.56. The molecule has 0 saturated heterocycles. The normalized spacial score (nSPS) is 12.5. The first-order valence-corrected chi connectivity index (χ1v) is 12.6. The minimum absolute atomic E-state index is 0.370. The Morgan fingerprint density at radius 2 is 1.07 bits per heavy atom. The van der Waals surface area contributed by atoms with E-state index in [4.69, 9.17) is 10.2 Å². The van der Waals surface area contributed by atoms with E-state index in [-0.39, 0.29) is 0 Å². The second-order valence-electron chi connectivity index (χ2n) is 6.56. The third-order valence-electron chi connectivity index (χ3n) is 4.10. The molecule has 0 aliphatic rings. The van der Waals surface area contributed by atoms with Crippen molar-refractivity contribution in [1.29, 1.82) is 0 Å². The standard InChI is InChI=1S/C18H34N4O6S2/c1-29-11-7-13(15(23)24)21-17(27)19-9-5-3-4-6-10-20-18(28)22-14(16(25)26)8-12-30-2/h13-14H,3-12H2,1-2H3,(H,23,24)(H,25,26)(H2,19,21,27)(H2,20,22,28). The monoisotopic (exact) mass is 466 g/mol. The Labute approximate surface area is 186 Å². The van der Waals surface area contributed by atoms with Gasteiger partial charge in [0.05, 0.1) is 0 Å². The second kappa shape index (κ2) is 18.0. The number of hydrogen-bond acceptors (Lipinski definition) is 6. The lowest BCUT2D eigenvalue weighted by Gasteiger charge is -2.15. The molecule has 12 heteroatoms. The Morgan fingerprint density at radius 1 is 0.700 bits per heavy atom. The van der Waals surface area contributed by atoms with E-state index in [1.165, 1.54) is 23.5 Å². The summed E-state index contributed by atoms with van der Waals surface area (Å²) in [7, 11) is 0. The number of thioether (sulfide) groups is 2. The van der Waals surface area contributed by atoms with Gasteiger partial charge in [0.15, 0.2) is 0 Å². The highest BCUT2D eigenvalue weighted by molar-refractivity contribution is 7.98. The van der Waals surface area contributed by atoms with E-state index in [9.17, 15) is 19.2 Å². The molecule has 6 N–H and O–H groups in total. The lowest BCUT2D eigenvalue weighted by molar-refractivity contribution is -0.140. The first kappa shape index (κ1) is 28.2. The Hall–Kier alpha value is -1.82. The molecule has 0 bridgehead atoms. The zero-order valence-corrected chi connectivity index (χ0v) is 19.2. The molecule has 2 atom stereocenters. The van der Waals surface area contributed by atoms with Gasteiger partial charge in [-0.3, -0.25) is 0 Å². The summed E-state index contributed by atoms with van der Waals surface area (Å²) in [5.74, 6) is -0.791. The fraction of sp³-hybridized carbons (Fsp3) is 0.778. The van der Waals surface area contributed by atoms with Gasteiger partial charge < -0.3 is 31.5 Å². The van der Waals surface area contributed by atoms with Crippen LogP contribution in [0.5, 0.6) is 0 Å². The van der Waals surface area contributed by atoms with Crippen LogP contribution < -0.4 is 21.3 Å². The van der Waals surface area contributed by atoms with Crippen molar-refractivity contribution in [3.63, 3.8) is 0 Å². The van der Waals surface area contributed by atoms with E-state index in [1.54, 1.807) is 0 Å². The second-order valence-corrected chi connectivity index (χ2v) is 8.53. The number of carbonyl (C=O) groups excluding carboxylic acids is 2. The summed E-state index contributed by atoms with van der Waals surface area (Å²) >= 11 is 3.04. The lowest BCUT2D eigenvalue weighted by atomic mass is 10.2. The molecule has 0 aromatic heterocycles. The molecule has 0 aliphatic heterocycles. The van der Waals surface area contributed by atoms with Crippen LogP contribution in [0.2, 0.25) is 0 Å². The number of carboxylic acids is 2. The van der Waals surface area contributed by atoms with Crippen LogP contribution in [0, 0.1) is 0 Å². The first-order chi connectivity index (χ1) is 14.3. The molecular weight excluding hydrogens is 432 g/mol. The fourth-order valence-corrected chi connectivity index (χ4v) is 3.35. The van der Waals surface area contributed by atoms with Crippen molar-refractivity contribution in [2.75, 3.05) is 37.1 Å². The Morgan fingerprint density at radius 3 is 1.37 bits per heavy atom. The average Bonchev–Trinajstić information content (AvgIpc) is 2.69. The highest BCUT2D eigenvalue weighted by Gasteiger charge is 2.19. The van der Waals surface area contributed by atoms with E-state index in [0.29, 0.717) is 37.4 Å². The van der Waals surface area contributed by atoms with Crippen LogP contribution in [0.25, 0.3) is 0 Å². The summed E-state index contributed by atoms with van der Waals surface area (Å²) in [6.45, 7) is 0.870. The van der Waals surface area contributed by atoms with E-state index >= 15 is 0 Å². The van der Waals surface area contributed by atoms with E-state index in [2.05, 4.69) is 21.3 Å². The molecule has 0 rings (SSSR count). The zero-order valence-electron chi connectivity index (χ0n) is 17.6. The van der Waals surface area contributed by atoms with Crippen molar-refractivity contribution in [3.05, 3.63) is 0 Å². The van der Waals surface area contributed by atoms with Gasteiger partial charge >= 0.3 is 24.0 Å². The maximum absolute atomic E-state index is 11.7. The fourth-order valence-electron chi connectivity index (χ4n) is 2.41. The number of unbranched alkanes of at least 4 members (excludes halogenated alkanes) is 3. The van der Waals surface area contributed by atoms with Gasteiger partial charge in [0.25, 0.3) is 0 Å². The zero-order chi connectivity index (χ0) is 22.8. The van der Waals surface area contributed by atoms with Gasteiger partial charge in [0.2, 0.25) is 0 Å². The van der Waals surface area contributed by atoms with Crippen LogP contribution in [-0.4, -0.2) is 83.4 Å². The molecule has 4 amide bonds. The summed E-state index contributed by atoms with van der Waals surface area (Å²) in [5.41, 5.74) is 0. The Balaban J connectivity index is 3.79. The minimum atomic E-state index is -1.05. The van der Waals surface area contributed by atoms with Gasteiger partial charge in [-0.1, -0.05) is 12.8 Å². The van der Waals surface area contributed by atoms with Gasteiger partial charge in [-0.15, -0.1) is 0 Å².